The van der Waals surface area contributed by atoms with E-state index in [-0.39, 0.29) is 24.0 Å². The van der Waals surface area contributed by atoms with Crippen LogP contribution in [0.2, 0.25) is 0 Å². The number of hydrogen-bond donors (Lipinski definition) is 1. The Balaban J connectivity index is 2.02. The maximum atomic E-state index is 13.0. The normalized spacial score (nSPS) is 16.1. The summed E-state index contributed by atoms with van der Waals surface area (Å²) >= 11 is 0. The molecule has 0 unspecified atom stereocenters. The van der Waals surface area contributed by atoms with Gasteiger partial charge in [-0.15, -0.1) is 0 Å². The van der Waals surface area contributed by atoms with Crippen molar-refractivity contribution >= 4 is 11.6 Å². The summed E-state index contributed by atoms with van der Waals surface area (Å²) in [6, 6.07) is 10.6. The minimum absolute atomic E-state index is 0.0546. The average molecular weight is 301 g/mol. The topological polar surface area (TPSA) is 49.8 Å². The van der Waals surface area contributed by atoms with Gasteiger partial charge in [-0.1, -0.05) is 12.1 Å². The Labute approximate surface area is 127 Å². The van der Waals surface area contributed by atoms with E-state index in [4.69, 9.17) is 4.74 Å². The van der Waals surface area contributed by atoms with Crippen LogP contribution in [0, 0.1) is 5.82 Å². The number of phenols is 1. The van der Waals surface area contributed by atoms with E-state index in [0.29, 0.717) is 11.4 Å². The molecule has 5 heteroatoms. The van der Waals surface area contributed by atoms with Crippen molar-refractivity contribution < 1.29 is 19.0 Å². The van der Waals surface area contributed by atoms with Gasteiger partial charge in [-0.3, -0.25) is 4.79 Å². The quantitative estimate of drug-likeness (QED) is 0.926. The van der Waals surface area contributed by atoms with Crippen LogP contribution in [0.5, 0.6) is 11.5 Å². The van der Waals surface area contributed by atoms with Crippen molar-refractivity contribution in [2.45, 2.75) is 26.0 Å². The second-order valence-electron chi connectivity index (χ2n) is 5.78. The molecule has 0 saturated heterocycles. The number of rotatable bonds is 2. The molecule has 2 aromatic carbocycles. The van der Waals surface area contributed by atoms with Crippen LogP contribution >= 0.6 is 0 Å². The fourth-order valence-corrected chi connectivity index (χ4v) is 2.49. The summed E-state index contributed by atoms with van der Waals surface area (Å²) in [7, 11) is 0. The SMILES string of the molecule is CC1(C)Oc2ccc(O)cc2N(Cc2ccc(F)cc2)C1=O. The van der Waals surface area contributed by atoms with Gasteiger partial charge in [-0.05, 0) is 43.7 Å². The van der Waals surface area contributed by atoms with Gasteiger partial charge in [0.25, 0.3) is 5.91 Å². The molecule has 0 radical (unpaired) electrons. The van der Waals surface area contributed by atoms with E-state index in [2.05, 4.69) is 0 Å². The van der Waals surface area contributed by atoms with Crippen LogP contribution in [0.15, 0.2) is 42.5 Å². The highest BCUT2D eigenvalue weighted by atomic mass is 19.1. The largest absolute Gasteiger partial charge is 0.508 e. The van der Waals surface area contributed by atoms with E-state index in [1.54, 1.807) is 36.9 Å². The standard InChI is InChI=1S/C17H16FNO3/c1-17(2)16(21)19(10-11-3-5-12(18)6-4-11)14-9-13(20)7-8-15(14)22-17/h3-9,20H,10H2,1-2H3. The first-order valence-corrected chi connectivity index (χ1v) is 6.95. The summed E-state index contributed by atoms with van der Waals surface area (Å²) in [5.74, 6) is 0.0498. The lowest BCUT2D eigenvalue weighted by Crippen LogP contribution is -2.52. The highest BCUT2D eigenvalue weighted by Crippen LogP contribution is 2.40. The number of benzene rings is 2. The predicted octanol–water partition coefficient (Wildman–Crippen LogP) is 3.24. The van der Waals surface area contributed by atoms with E-state index in [1.807, 2.05) is 0 Å². The van der Waals surface area contributed by atoms with Crippen molar-refractivity contribution in [3.8, 4) is 11.5 Å². The smallest absolute Gasteiger partial charge is 0.271 e. The lowest BCUT2D eigenvalue weighted by molar-refractivity contribution is -0.132. The molecule has 1 aliphatic rings. The zero-order chi connectivity index (χ0) is 15.9. The molecule has 22 heavy (non-hydrogen) atoms. The van der Waals surface area contributed by atoms with Crippen LogP contribution < -0.4 is 9.64 Å². The molecular formula is C17H16FNO3. The zero-order valence-electron chi connectivity index (χ0n) is 12.3. The number of carbonyl (C=O) groups is 1. The van der Waals surface area contributed by atoms with Crippen molar-refractivity contribution in [2.24, 2.45) is 0 Å². The zero-order valence-corrected chi connectivity index (χ0v) is 12.3. The molecule has 1 N–H and O–H groups in total. The maximum absolute atomic E-state index is 13.0. The fourth-order valence-electron chi connectivity index (χ4n) is 2.49. The van der Waals surface area contributed by atoms with Gasteiger partial charge in [-0.25, -0.2) is 4.39 Å². The Bertz CT molecular complexity index is 725. The number of anilines is 1. The number of ether oxygens (including phenoxy) is 1. The molecule has 0 saturated carbocycles. The lowest BCUT2D eigenvalue weighted by Gasteiger charge is -2.38. The molecule has 1 aliphatic heterocycles. The summed E-state index contributed by atoms with van der Waals surface area (Å²) in [6.45, 7) is 3.67. The van der Waals surface area contributed by atoms with Gasteiger partial charge in [0, 0.05) is 6.07 Å². The third-order valence-corrected chi connectivity index (χ3v) is 3.61. The fraction of sp³-hybridized carbons (Fsp3) is 0.235. The third-order valence-electron chi connectivity index (χ3n) is 3.61. The van der Waals surface area contributed by atoms with E-state index >= 15 is 0 Å². The molecule has 114 valence electrons. The van der Waals surface area contributed by atoms with Gasteiger partial charge in [0.05, 0.1) is 12.2 Å². The van der Waals surface area contributed by atoms with Gasteiger partial charge >= 0.3 is 0 Å². The van der Waals surface area contributed by atoms with Crippen LogP contribution in [0.25, 0.3) is 0 Å². The second-order valence-corrected chi connectivity index (χ2v) is 5.78. The molecule has 2 aromatic rings. The van der Waals surface area contributed by atoms with Crippen LogP contribution in [0.3, 0.4) is 0 Å². The van der Waals surface area contributed by atoms with Gasteiger partial charge in [0.1, 0.15) is 17.3 Å². The van der Waals surface area contributed by atoms with Gasteiger partial charge in [-0.2, -0.15) is 0 Å². The van der Waals surface area contributed by atoms with Crippen molar-refractivity contribution in [3.05, 3.63) is 53.8 Å². The average Bonchev–Trinajstić information content (AvgIpc) is 2.47. The highest BCUT2D eigenvalue weighted by Gasteiger charge is 2.40. The van der Waals surface area contributed by atoms with Crippen molar-refractivity contribution in [2.75, 3.05) is 4.90 Å². The first-order valence-electron chi connectivity index (χ1n) is 6.95. The minimum Gasteiger partial charge on any atom is -0.508 e. The van der Waals surface area contributed by atoms with E-state index in [1.165, 1.54) is 24.3 Å². The molecule has 0 atom stereocenters. The van der Waals surface area contributed by atoms with Crippen LogP contribution in [0.4, 0.5) is 10.1 Å². The molecule has 3 rings (SSSR count). The molecule has 0 bridgehead atoms. The number of nitrogens with zero attached hydrogens (tertiary/aromatic N) is 1. The number of amides is 1. The molecule has 0 spiro atoms. The van der Waals surface area contributed by atoms with Gasteiger partial charge in [0.15, 0.2) is 5.60 Å². The Morgan fingerprint density at radius 1 is 1.18 bits per heavy atom. The Morgan fingerprint density at radius 3 is 2.55 bits per heavy atom. The first-order chi connectivity index (χ1) is 10.4. The summed E-state index contributed by atoms with van der Waals surface area (Å²) < 4.78 is 18.7. The monoisotopic (exact) mass is 301 g/mol. The van der Waals surface area contributed by atoms with Crippen LogP contribution in [-0.2, 0) is 11.3 Å². The minimum atomic E-state index is -0.996. The lowest BCUT2D eigenvalue weighted by atomic mass is 10.0. The molecule has 0 fully saturated rings. The Kier molecular flexibility index (Phi) is 3.28. The molecule has 0 aromatic heterocycles. The third kappa shape index (κ3) is 2.50. The number of fused-ring (bicyclic) bond motifs is 1. The number of carbonyl (C=O) groups excluding carboxylic acids is 1. The van der Waals surface area contributed by atoms with Crippen molar-refractivity contribution in [1.82, 2.24) is 0 Å². The van der Waals surface area contributed by atoms with E-state index in [9.17, 15) is 14.3 Å². The number of halogens is 1. The van der Waals surface area contributed by atoms with E-state index < -0.39 is 5.60 Å². The molecule has 1 heterocycles. The highest BCUT2D eigenvalue weighted by molar-refractivity contribution is 6.02. The summed E-state index contributed by atoms with van der Waals surface area (Å²) in [5.41, 5.74) is 0.305. The van der Waals surface area contributed by atoms with Crippen LogP contribution in [-0.4, -0.2) is 16.6 Å². The van der Waals surface area contributed by atoms with Gasteiger partial charge < -0.3 is 14.7 Å². The summed E-state index contributed by atoms with van der Waals surface area (Å²) in [4.78, 5) is 14.2. The number of hydrogen-bond acceptors (Lipinski definition) is 3. The Morgan fingerprint density at radius 2 is 1.86 bits per heavy atom. The van der Waals surface area contributed by atoms with Crippen molar-refractivity contribution in [1.29, 1.82) is 0 Å². The number of phenolic OH excluding ortho intramolecular Hbond substituents is 1. The van der Waals surface area contributed by atoms with E-state index in [0.717, 1.165) is 5.56 Å². The molecule has 4 nitrogen and oxygen atoms in total. The van der Waals surface area contributed by atoms with Crippen LogP contribution in [0.1, 0.15) is 19.4 Å². The predicted molar refractivity (Wildman–Crippen MR) is 80.4 cm³/mol. The summed E-state index contributed by atoms with van der Waals surface area (Å²) in [6.07, 6.45) is 0. The molecular weight excluding hydrogens is 285 g/mol. The maximum Gasteiger partial charge on any atom is 0.271 e. The summed E-state index contributed by atoms with van der Waals surface area (Å²) in [5, 5.41) is 9.68. The Hall–Kier alpha value is -2.56. The second kappa shape index (κ2) is 5.02. The first kappa shape index (κ1) is 14.4. The molecule has 0 aliphatic carbocycles. The van der Waals surface area contributed by atoms with Gasteiger partial charge in [0.2, 0.25) is 0 Å². The molecule has 1 amide bonds. The van der Waals surface area contributed by atoms with Crippen molar-refractivity contribution in [3.63, 3.8) is 0 Å². The number of aromatic hydroxyl groups is 1.